The maximum Gasteiger partial charge on any atom is 0.227 e. The van der Waals surface area contributed by atoms with Gasteiger partial charge in [-0.25, -0.2) is 19.9 Å². The first kappa shape index (κ1) is 47.5. The molecular weight excluding hydrogens is 1020 g/mol. The summed E-state index contributed by atoms with van der Waals surface area (Å²) in [6.45, 7) is 0. The van der Waals surface area contributed by atoms with Gasteiger partial charge in [-0.3, -0.25) is 0 Å². The third kappa shape index (κ3) is 7.95. The van der Waals surface area contributed by atoms with E-state index in [1.807, 2.05) is 42.5 Å². The van der Waals surface area contributed by atoms with Crippen LogP contribution in [0.2, 0.25) is 0 Å². The lowest BCUT2D eigenvalue weighted by molar-refractivity contribution is 0.619. The van der Waals surface area contributed by atoms with Crippen LogP contribution in [0.25, 0.3) is 177 Å². The van der Waals surface area contributed by atoms with Crippen LogP contribution in [0.15, 0.2) is 288 Å². The van der Waals surface area contributed by atoms with Crippen LogP contribution >= 0.6 is 0 Å². The van der Waals surface area contributed by atoms with E-state index in [1.54, 1.807) is 0 Å². The molecule has 0 saturated heterocycles. The van der Waals surface area contributed by atoms with E-state index in [2.05, 4.69) is 237 Å². The number of nitrogens with zero attached hydrogens (tertiary/aromatic N) is 4. The number of hydrogen-bond acceptors (Lipinski definition) is 6. The Hall–Kier alpha value is -11.3. The van der Waals surface area contributed by atoms with Gasteiger partial charge in [0.25, 0.3) is 0 Å². The summed E-state index contributed by atoms with van der Waals surface area (Å²) in [6.07, 6.45) is 0. The topological polar surface area (TPSA) is 77.8 Å². The maximum atomic E-state index is 6.68. The molecule has 3 aromatic heterocycles. The molecule has 0 aliphatic heterocycles. The van der Waals surface area contributed by atoms with Crippen LogP contribution in [0.3, 0.4) is 0 Å². The van der Waals surface area contributed by atoms with Crippen LogP contribution in [-0.2, 0) is 0 Å². The molecule has 0 saturated carbocycles. The first-order chi connectivity index (χ1) is 41.6. The molecule has 0 aliphatic carbocycles. The second kappa shape index (κ2) is 19.2. The summed E-state index contributed by atoms with van der Waals surface area (Å²) < 4.78 is 12.8. The lowest BCUT2D eigenvalue weighted by Crippen LogP contribution is -1.96. The molecule has 0 bridgehead atoms. The quantitative estimate of drug-likeness (QED) is 0.141. The van der Waals surface area contributed by atoms with E-state index in [0.29, 0.717) is 17.6 Å². The molecule has 14 aromatic carbocycles. The van der Waals surface area contributed by atoms with Crippen molar-refractivity contribution in [2.75, 3.05) is 0 Å². The summed E-state index contributed by atoms with van der Waals surface area (Å²) in [5.74, 6) is 1.87. The van der Waals surface area contributed by atoms with Gasteiger partial charge in [-0.1, -0.05) is 206 Å². The molecule has 17 aromatic rings. The molecule has 84 heavy (non-hydrogen) atoms. The van der Waals surface area contributed by atoms with Gasteiger partial charge >= 0.3 is 0 Å². The van der Waals surface area contributed by atoms with Crippen molar-refractivity contribution in [3.63, 3.8) is 0 Å². The van der Waals surface area contributed by atoms with Crippen molar-refractivity contribution in [1.82, 2.24) is 19.9 Å². The summed E-state index contributed by atoms with van der Waals surface area (Å²) >= 11 is 0. The monoisotopic (exact) mass is 1070 g/mol. The van der Waals surface area contributed by atoms with Crippen LogP contribution in [0, 0.1) is 0 Å². The Kier molecular flexibility index (Phi) is 10.8. The van der Waals surface area contributed by atoms with E-state index in [1.165, 1.54) is 48.5 Å². The lowest BCUT2D eigenvalue weighted by Gasteiger charge is -2.14. The van der Waals surface area contributed by atoms with Gasteiger partial charge in [0.15, 0.2) is 17.0 Å². The number of oxazole rings is 2. The van der Waals surface area contributed by atoms with Gasteiger partial charge < -0.3 is 8.83 Å². The summed E-state index contributed by atoms with van der Waals surface area (Å²) in [4.78, 5) is 20.5. The minimum atomic E-state index is 0.575. The Morgan fingerprint density at radius 3 is 1.17 bits per heavy atom. The second-order valence-corrected chi connectivity index (χ2v) is 21.6. The van der Waals surface area contributed by atoms with E-state index in [-0.39, 0.29) is 0 Å². The zero-order chi connectivity index (χ0) is 55.2. The Morgan fingerprint density at radius 2 is 0.595 bits per heavy atom. The summed E-state index contributed by atoms with van der Waals surface area (Å²) in [7, 11) is 0. The third-order valence-electron chi connectivity index (χ3n) is 16.7. The Balaban J connectivity index is 0.723. The van der Waals surface area contributed by atoms with Crippen LogP contribution in [0.5, 0.6) is 0 Å². The third-order valence-corrected chi connectivity index (χ3v) is 16.7. The SMILES string of the molecule is c1ccc(-c2cc(-c3ccccc3)nc(-c3ccc4c5ccccc5c5cc(-c6cccc7oc(-c8cccc(-c9ccc%10c%11ccc(-c%12cccc(-c%13nc%14ccccc%14o%13)c%12)cc%11c%11ccccc%11c%10c9)c8)nc67)ccc5c4c3)n2)cc1. The molecule has 0 amide bonds. The lowest BCUT2D eigenvalue weighted by atomic mass is 9.90. The molecule has 390 valence electrons. The normalized spacial score (nSPS) is 11.8. The van der Waals surface area contributed by atoms with E-state index < -0.39 is 0 Å². The molecule has 6 nitrogen and oxygen atoms in total. The van der Waals surface area contributed by atoms with Crippen molar-refractivity contribution in [1.29, 1.82) is 0 Å². The number of aromatic nitrogens is 4. The Labute approximate surface area is 482 Å². The first-order valence-electron chi connectivity index (χ1n) is 28.3. The van der Waals surface area contributed by atoms with Crippen LogP contribution in [0.4, 0.5) is 0 Å². The molecular formula is C78H46N4O2. The van der Waals surface area contributed by atoms with Crippen molar-refractivity contribution in [3.8, 4) is 90.2 Å². The molecule has 0 aliphatic rings. The minimum absolute atomic E-state index is 0.575. The fourth-order valence-corrected chi connectivity index (χ4v) is 12.6. The molecule has 0 radical (unpaired) electrons. The average Bonchev–Trinajstić information content (AvgIpc) is 1.86. The zero-order valence-corrected chi connectivity index (χ0v) is 45.2. The van der Waals surface area contributed by atoms with Gasteiger partial charge in [0.05, 0.1) is 11.4 Å². The van der Waals surface area contributed by atoms with Gasteiger partial charge in [-0.15, -0.1) is 0 Å². The predicted molar refractivity (Wildman–Crippen MR) is 346 cm³/mol. The van der Waals surface area contributed by atoms with Crippen LogP contribution < -0.4 is 0 Å². The molecule has 6 heteroatoms. The average molecular weight is 1070 g/mol. The van der Waals surface area contributed by atoms with Crippen molar-refractivity contribution in [3.05, 3.63) is 279 Å². The van der Waals surface area contributed by atoms with E-state index in [9.17, 15) is 0 Å². The van der Waals surface area contributed by atoms with Crippen molar-refractivity contribution in [2.45, 2.75) is 0 Å². The van der Waals surface area contributed by atoms with Crippen molar-refractivity contribution < 1.29 is 8.83 Å². The smallest absolute Gasteiger partial charge is 0.227 e. The fourth-order valence-electron chi connectivity index (χ4n) is 12.6. The number of para-hydroxylation sites is 3. The van der Waals surface area contributed by atoms with Crippen molar-refractivity contribution >= 4 is 86.8 Å². The molecule has 0 fully saturated rings. The van der Waals surface area contributed by atoms with E-state index >= 15 is 0 Å². The largest absolute Gasteiger partial charge is 0.436 e. The van der Waals surface area contributed by atoms with Gasteiger partial charge in [-0.2, -0.15) is 0 Å². The molecule has 0 spiro atoms. The highest BCUT2D eigenvalue weighted by molar-refractivity contribution is 6.27. The highest BCUT2D eigenvalue weighted by Gasteiger charge is 2.19. The number of hydrogen-bond donors (Lipinski definition) is 0. The predicted octanol–water partition coefficient (Wildman–Crippen LogP) is 21.0. The molecule has 17 rings (SSSR count). The summed E-state index contributed by atoms with van der Waals surface area (Å²) in [5, 5.41) is 14.3. The van der Waals surface area contributed by atoms with Crippen molar-refractivity contribution in [2.24, 2.45) is 0 Å². The molecule has 0 N–H and O–H groups in total. The Bertz CT molecular complexity index is 5400. The standard InChI is InChI=1S/C78H46N4O2/c1-3-16-47(17-4-1)71-46-72(48-18-5-2-6-19-48)80-76(79-71)54-35-39-62-58-24-7-8-25-59(58)68-44-53(34-38-65(68)69(62)45-54)57-28-15-31-74-75(57)82-78(84-74)56-23-14-21-50(41-56)52-33-37-64-63-36-32-51(42-66(63)60-26-9-10-27-61(60)67(64)43-52)49-20-13-22-55(40-49)77-81-70-29-11-12-30-73(70)83-77/h1-46H. The van der Waals surface area contributed by atoms with E-state index in [4.69, 9.17) is 28.8 Å². The van der Waals surface area contributed by atoms with Crippen LogP contribution in [-0.4, -0.2) is 19.9 Å². The van der Waals surface area contributed by atoms with Gasteiger partial charge in [0.1, 0.15) is 11.0 Å². The highest BCUT2D eigenvalue weighted by atomic mass is 16.4. The number of fused-ring (bicyclic) bond motifs is 14. The van der Waals surface area contributed by atoms with Gasteiger partial charge in [0, 0.05) is 33.4 Å². The van der Waals surface area contributed by atoms with Gasteiger partial charge in [-0.05, 0) is 165 Å². The first-order valence-corrected chi connectivity index (χ1v) is 28.3. The summed E-state index contributed by atoms with van der Waals surface area (Å²) in [6, 6.07) is 98.6. The fraction of sp³-hybridized carbons (Fsp3) is 0. The second-order valence-electron chi connectivity index (χ2n) is 21.6. The maximum absolute atomic E-state index is 6.68. The highest BCUT2D eigenvalue weighted by Crippen LogP contribution is 2.43. The molecule has 0 unspecified atom stereocenters. The number of rotatable bonds is 8. The van der Waals surface area contributed by atoms with E-state index in [0.717, 1.165) is 111 Å². The Morgan fingerprint density at radius 1 is 0.214 bits per heavy atom. The molecule has 0 atom stereocenters. The number of benzene rings is 14. The minimum Gasteiger partial charge on any atom is -0.436 e. The summed E-state index contributed by atoms with van der Waals surface area (Å²) in [5.41, 5.74) is 16.4. The van der Waals surface area contributed by atoms with Crippen LogP contribution in [0.1, 0.15) is 0 Å². The van der Waals surface area contributed by atoms with Gasteiger partial charge in [0.2, 0.25) is 11.8 Å². The molecule has 3 heterocycles. The zero-order valence-electron chi connectivity index (χ0n) is 45.2.